The van der Waals surface area contributed by atoms with Crippen LogP contribution >= 0.6 is 0 Å². The fourth-order valence-electron chi connectivity index (χ4n) is 7.33. The van der Waals surface area contributed by atoms with E-state index in [4.69, 9.17) is 4.98 Å². The van der Waals surface area contributed by atoms with Gasteiger partial charge in [0.1, 0.15) is 5.65 Å². The lowest BCUT2D eigenvalue weighted by molar-refractivity contribution is 1.15. The van der Waals surface area contributed by atoms with E-state index >= 15 is 0 Å². The summed E-state index contributed by atoms with van der Waals surface area (Å²) in [5.41, 5.74) is 9.04. The van der Waals surface area contributed by atoms with Gasteiger partial charge in [-0.15, -0.1) is 0 Å². The lowest BCUT2D eigenvalue weighted by Crippen LogP contribution is -2.00. The van der Waals surface area contributed by atoms with Crippen LogP contribution in [0.2, 0.25) is 0 Å². The average Bonchev–Trinajstić information content (AvgIpc) is 3.79. The number of benzene rings is 5. The van der Waals surface area contributed by atoms with Crippen molar-refractivity contribution in [3.63, 3.8) is 0 Å². The third-order valence-electron chi connectivity index (χ3n) is 8.94. The van der Waals surface area contributed by atoms with Crippen molar-refractivity contribution in [1.29, 1.82) is 0 Å². The summed E-state index contributed by atoms with van der Waals surface area (Å²) >= 11 is 0. The number of hydrogen-bond donors (Lipinski definition) is 0. The van der Waals surface area contributed by atoms with Crippen LogP contribution in [0.4, 0.5) is 0 Å². The van der Waals surface area contributed by atoms with Gasteiger partial charge in [-0.1, -0.05) is 72.8 Å². The summed E-state index contributed by atoms with van der Waals surface area (Å²) in [5.74, 6) is 0. The Morgan fingerprint density at radius 2 is 1.00 bits per heavy atom. The molecule has 0 spiro atoms. The third kappa shape index (κ3) is 2.85. The van der Waals surface area contributed by atoms with E-state index in [9.17, 15) is 0 Å². The maximum atomic E-state index is 4.87. The molecule has 43 heavy (non-hydrogen) atoms. The van der Waals surface area contributed by atoms with Gasteiger partial charge in [0.25, 0.3) is 0 Å². The number of nitrogens with zero attached hydrogens (tertiary/aromatic N) is 5. The molecule has 200 valence electrons. The van der Waals surface area contributed by atoms with E-state index < -0.39 is 0 Å². The Balaban J connectivity index is 1.67. The molecule has 10 aromatic rings. The first-order valence-corrected chi connectivity index (χ1v) is 14.5. The zero-order valence-corrected chi connectivity index (χ0v) is 23.0. The molecule has 5 aromatic heterocycles. The van der Waals surface area contributed by atoms with Crippen LogP contribution in [0.5, 0.6) is 0 Å². The SMILES string of the molecule is c1ccc(-n2c3ccccc3c3c4c5cnccc5c5nccn5c4c4c5ccccc5n(-c5ccccc5)c4c32)cc1. The number of fused-ring (bicyclic) bond motifs is 15. The molecule has 0 amide bonds. The number of imidazole rings is 1. The van der Waals surface area contributed by atoms with Crippen molar-refractivity contribution >= 4 is 70.9 Å². The molecule has 0 aliphatic carbocycles. The van der Waals surface area contributed by atoms with E-state index in [1.807, 2.05) is 18.6 Å². The molecule has 0 unspecified atom stereocenters. The molecule has 10 rings (SSSR count). The van der Waals surface area contributed by atoms with E-state index in [1.54, 1.807) is 0 Å². The lowest BCUT2D eigenvalue weighted by atomic mass is 9.98. The van der Waals surface area contributed by atoms with Gasteiger partial charge in [-0.05, 0) is 42.5 Å². The second-order valence-electron chi connectivity index (χ2n) is 11.1. The molecule has 5 nitrogen and oxygen atoms in total. The maximum Gasteiger partial charge on any atom is 0.145 e. The van der Waals surface area contributed by atoms with Crippen molar-refractivity contribution in [2.45, 2.75) is 0 Å². The Morgan fingerprint density at radius 3 is 1.67 bits per heavy atom. The summed E-state index contributed by atoms with van der Waals surface area (Å²) in [7, 11) is 0. The monoisotopic (exact) mass is 549 g/mol. The Labute approximate surface area is 245 Å². The van der Waals surface area contributed by atoms with Crippen LogP contribution in [0, 0.1) is 0 Å². The number of hydrogen-bond acceptors (Lipinski definition) is 2. The molecule has 0 aliphatic rings. The Morgan fingerprint density at radius 1 is 0.442 bits per heavy atom. The highest BCUT2D eigenvalue weighted by Gasteiger charge is 2.27. The van der Waals surface area contributed by atoms with Crippen LogP contribution in [0.25, 0.3) is 82.3 Å². The Kier molecular flexibility index (Phi) is 4.39. The van der Waals surface area contributed by atoms with Crippen LogP contribution in [0.15, 0.2) is 140 Å². The van der Waals surface area contributed by atoms with Crippen LogP contribution in [-0.2, 0) is 0 Å². The standard InChI is InChI=1S/C38H23N5/c1-3-11-24(12-4-1)42-30-17-9-7-15-27(30)32-33-29-23-39-20-19-26(29)38-40-21-22-41(38)35(33)34-28-16-8-10-18-31(28)43(37(34)36(32)42)25-13-5-2-6-14-25/h1-23H. The first-order valence-electron chi connectivity index (χ1n) is 14.5. The van der Waals surface area contributed by atoms with Gasteiger partial charge in [0.2, 0.25) is 0 Å². The first-order chi connectivity index (χ1) is 21.4. The average molecular weight is 550 g/mol. The molecule has 0 saturated heterocycles. The van der Waals surface area contributed by atoms with Crippen molar-refractivity contribution in [3.8, 4) is 11.4 Å². The second-order valence-corrected chi connectivity index (χ2v) is 11.1. The minimum absolute atomic E-state index is 0.939. The molecule has 0 aliphatic heterocycles. The highest BCUT2D eigenvalue weighted by atomic mass is 15.1. The minimum Gasteiger partial charge on any atom is -0.307 e. The van der Waals surface area contributed by atoms with Crippen molar-refractivity contribution in [3.05, 3.63) is 140 Å². The van der Waals surface area contributed by atoms with Gasteiger partial charge in [-0.3, -0.25) is 9.38 Å². The van der Waals surface area contributed by atoms with E-state index in [0.29, 0.717) is 0 Å². The molecule has 5 heterocycles. The van der Waals surface area contributed by atoms with Crippen molar-refractivity contribution in [2.75, 3.05) is 0 Å². The fourth-order valence-corrected chi connectivity index (χ4v) is 7.33. The van der Waals surface area contributed by atoms with Gasteiger partial charge in [0, 0.05) is 73.9 Å². The molecule has 5 heteroatoms. The number of aromatic nitrogens is 5. The van der Waals surface area contributed by atoms with Crippen LogP contribution < -0.4 is 0 Å². The molecule has 5 aromatic carbocycles. The molecule has 0 atom stereocenters. The number of rotatable bonds is 2. The van der Waals surface area contributed by atoms with E-state index in [2.05, 4.69) is 140 Å². The smallest absolute Gasteiger partial charge is 0.145 e. The molecule has 0 radical (unpaired) electrons. The summed E-state index contributed by atoms with van der Waals surface area (Å²) in [4.78, 5) is 9.52. The summed E-state index contributed by atoms with van der Waals surface area (Å²) in [6, 6.07) is 41.1. The lowest BCUT2D eigenvalue weighted by Gasteiger charge is -2.15. The van der Waals surface area contributed by atoms with Gasteiger partial charge >= 0.3 is 0 Å². The fraction of sp³-hybridized carbons (Fsp3) is 0. The Bertz CT molecular complexity index is 2710. The summed E-state index contributed by atoms with van der Waals surface area (Å²) in [6.45, 7) is 0. The largest absolute Gasteiger partial charge is 0.307 e. The highest BCUT2D eigenvalue weighted by Crippen LogP contribution is 2.48. The molecular weight excluding hydrogens is 526 g/mol. The van der Waals surface area contributed by atoms with Crippen molar-refractivity contribution in [1.82, 2.24) is 23.5 Å². The van der Waals surface area contributed by atoms with Crippen LogP contribution in [0.3, 0.4) is 0 Å². The summed E-state index contributed by atoms with van der Waals surface area (Å²) < 4.78 is 7.18. The topological polar surface area (TPSA) is 40.1 Å². The van der Waals surface area contributed by atoms with Gasteiger partial charge in [0.15, 0.2) is 0 Å². The van der Waals surface area contributed by atoms with E-state index in [1.165, 1.54) is 49.0 Å². The minimum atomic E-state index is 0.939. The van der Waals surface area contributed by atoms with Crippen molar-refractivity contribution in [2.24, 2.45) is 0 Å². The predicted molar refractivity (Wildman–Crippen MR) is 177 cm³/mol. The van der Waals surface area contributed by atoms with Crippen LogP contribution in [0.1, 0.15) is 0 Å². The number of para-hydroxylation sites is 4. The molecule has 0 saturated carbocycles. The third-order valence-corrected chi connectivity index (χ3v) is 8.94. The molecule has 0 fully saturated rings. The zero-order chi connectivity index (χ0) is 28.1. The normalized spacial score (nSPS) is 12.2. The highest BCUT2D eigenvalue weighted by molar-refractivity contribution is 6.40. The zero-order valence-electron chi connectivity index (χ0n) is 23.0. The molecule has 0 bridgehead atoms. The van der Waals surface area contributed by atoms with Crippen LogP contribution in [-0.4, -0.2) is 23.5 Å². The Hall–Kier alpha value is -5.94. The van der Waals surface area contributed by atoms with Gasteiger partial charge in [-0.25, -0.2) is 4.98 Å². The van der Waals surface area contributed by atoms with Gasteiger partial charge < -0.3 is 9.13 Å². The summed E-state index contributed by atoms with van der Waals surface area (Å²) in [6.07, 6.45) is 7.90. The maximum absolute atomic E-state index is 4.87. The van der Waals surface area contributed by atoms with Gasteiger partial charge in [-0.2, -0.15) is 0 Å². The van der Waals surface area contributed by atoms with E-state index in [-0.39, 0.29) is 0 Å². The number of pyridine rings is 2. The van der Waals surface area contributed by atoms with Gasteiger partial charge in [0.05, 0.1) is 27.6 Å². The quantitative estimate of drug-likeness (QED) is 0.202. The predicted octanol–water partition coefficient (Wildman–Crippen LogP) is 9.23. The first kappa shape index (κ1) is 22.7. The summed E-state index contributed by atoms with van der Waals surface area (Å²) in [5, 5.41) is 8.23. The molecule has 0 N–H and O–H groups in total. The van der Waals surface area contributed by atoms with Crippen molar-refractivity contribution < 1.29 is 0 Å². The van der Waals surface area contributed by atoms with E-state index in [0.717, 1.165) is 33.3 Å². The molecular formula is C38H23N5. The second kappa shape index (κ2) is 8.30.